The van der Waals surface area contributed by atoms with E-state index in [2.05, 4.69) is 56.0 Å². The molecule has 1 aromatic heterocycles. The molecule has 2 aliphatic rings. The summed E-state index contributed by atoms with van der Waals surface area (Å²) in [6, 6.07) is 11.3. The smallest absolute Gasteiger partial charge is 0.191 e. The zero-order valence-corrected chi connectivity index (χ0v) is 18.2. The molecule has 1 aliphatic carbocycles. The first-order valence-electron chi connectivity index (χ1n) is 11.2. The number of aliphatic imine (C=N–C) groups is 1. The molecule has 7 nitrogen and oxygen atoms in total. The number of fused-ring (bicyclic) bond motifs is 1. The highest BCUT2D eigenvalue weighted by Crippen LogP contribution is 2.35. The van der Waals surface area contributed by atoms with E-state index in [1.807, 2.05) is 11.7 Å². The highest BCUT2D eigenvalue weighted by molar-refractivity contribution is 5.79. The van der Waals surface area contributed by atoms with Crippen molar-refractivity contribution in [3.05, 3.63) is 47.5 Å². The number of guanidine groups is 1. The monoisotopic (exact) mass is 410 g/mol. The van der Waals surface area contributed by atoms with Gasteiger partial charge in [-0.2, -0.15) is 5.10 Å². The van der Waals surface area contributed by atoms with E-state index < -0.39 is 0 Å². The zero-order valence-electron chi connectivity index (χ0n) is 18.2. The number of hydrogen-bond donors (Lipinski definition) is 2. The molecular formula is C23H34N6O. The second kappa shape index (κ2) is 10.1. The first kappa shape index (κ1) is 20.8. The summed E-state index contributed by atoms with van der Waals surface area (Å²) in [6.07, 6.45) is 7.08. The quantitative estimate of drug-likeness (QED) is 0.566. The summed E-state index contributed by atoms with van der Waals surface area (Å²) in [7, 11) is 3.52. The Morgan fingerprint density at radius 1 is 1.17 bits per heavy atom. The molecule has 162 valence electrons. The highest BCUT2D eigenvalue weighted by atomic mass is 16.5. The normalized spacial score (nSPS) is 24.3. The van der Waals surface area contributed by atoms with Crippen molar-refractivity contribution in [2.75, 3.05) is 20.7 Å². The van der Waals surface area contributed by atoms with Gasteiger partial charge < -0.3 is 15.4 Å². The molecule has 0 saturated heterocycles. The topological polar surface area (TPSA) is 76.4 Å². The van der Waals surface area contributed by atoms with Gasteiger partial charge in [-0.3, -0.25) is 4.99 Å². The summed E-state index contributed by atoms with van der Waals surface area (Å²) >= 11 is 0. The van der Waals surface area contributed by atoms with E-state index in [4.69, 9.17) is 4.74 Å². The summed E-state index contributed by atoms with van der Waals surface area (Å²) < 4.78 is 7.16. The van der Waals surface area contributed by atoms with Crippen molar-refractivity contribution >= 4 is 5.96 Å². The van der Waals surface area contributed by atoms with Gasteiger partial charge in [0.25, 0.3) is 0 Å². The van der Waals surface area contributed by atoms with Crippen LogP contribution in [0, 0.1) is 5.92 Å². The van der Waals surface area contributed by atoms with E-state index in [0.717, 1.165) is 49.5 Å². The van der Waals surface area contributed by atoms with Crippen molar-refractivity contribution < 1.29 is 4.74 Å². The van der Waals surface area contributed by atoms with Crippen LogP contribution >= 0.6 is 0 Å². The molecule has 1 atom stereocenters. The Balaban J connectivity index is 1.22. The minimum atomic E-state index is 0.314. The molecule has 0 spiro atoms. The minimum Gasteiger partial charge on any atom is -0.377 e. The van der Waals surface area contributed by atoms with Crippen LogP contribution in [0.4, 0.5) is 0 Å². The Morgan fingerprint density at radius 2 is 1.97 bits per heavy atom. The van der Waals surface area contributed by atoms with Crippen molar-refractivity contribution in [3.8, 4) is 0 Å². The molecular weight excluding hydrogens is 376 g/mol. The summed E-state index contributed by atoms with van der Waals surface area (Å²) in [6.45, 7) is 2.27. The molecule has 2 aromatic rings. The van der Waals surface area contributed by atoms with Crippen molar-refractivity contribution in [1.29, 1.82) is 0 Å². The second-order valence-corrected chi connectivity index (χ2v) is 8.52. The highest BCUT2D eigenvalue weighted by Gasteiger charge is 2.24. The van der Waals surface area contributed by atoms with Crippen molar-refractivity contribution in [2.24, 2.45) is 10.9 Å². The van der Waals surface area contributed by atoms with Crippen molar-refractivity contribution in [1.82, 2.24) is 25.4 Å². The first-order valence-corrected chi connectivity index (χ1v) is 11.2. The summed E-state index contributed by atoms with van der Waals surface area (Å²) in [4.78, 5) is 9.00. The van der Waals surface area contributed by atoms with Gasteiger partial charge in [0.05, 0.1) is 6.54 Å². The molecule has 0 bridgehead atoms. The number of methoxy groups -OCH3 is 1. The maximum atomic E-state index is 5.15. The molecule has 1 unspecified atom stereocenters. The van der Waals surface area contributed by atoms with E-state index in [0.29, 0.717) is 18.6 Å². The van der Waals surface area contributed by atoms with E-state index in [1.165, 1.54) is 31.2 Å². The van der Waals surface area contributed by atoms with Crippen LogP contribution in [0.1, 0.15) is 55.2 Å². The largest absolute Gasteiger partial charge is 0.377 e. The second-order valence-electron chi connectivity index (χ2n) is 8.52. The average molecular weight is 411 g/mol. The van der Waals surface area contributed by atoms with Gasteiger partial charge in [-0.1, -0.05) is 30.3 Å². The van der Waals surface area contributed by atoms with E-state index >= 15 is 0 Å². The number of ether oxygens (including phenoxy) is 1. The Labute approximate surface area is 179 Å². The summed E-state index contributed by atoms with van der Waals surface area (Å²) in [5, 5.41) is 11.7. The number of hydrogen-bond acceptors (Lipinski definition) is 4. The zero-order chi connectivity index (χ0) is 20.8. The molecule has 1 saturated carbocycles. The SMILES string of the molecule is CN=C(NCC1CCC(c2ccccc2)CC1)NC1CCc2nc(COC)nn2C1. The predicted octanol–water partition coefficient (Wildman–Crippen LogP) is 2.88. The van der Waals surface area contributed by atoms with Crippen LogP contribution in [0.5, 0.6) is 0 Å². The number of benzene rings is 1. The lowest BCUT2D eigenvalue weighted by Gasteiger charge is -2.30. The molecule has 0 amide bonds. The molecule has 30 heavy (non-hydrogen) atoms. The van der Waals surface area contributed by atoms with Crippen LogP contribution in [-0.4, -0.2) is 47.5 Å². The van der Waals surface area contributed by atoms with Crippen LogP contribution < -0.4 is 10.6 Å². The van der Waals surface area contributed by atoms with E-state index in [1.54, 1.807) is 7.11 Å². The maximum Gasteiger partial charge on any atom is 0.191 e. The number of nitrogens with zero attached hydrogens (tertiary/aromatic N) is 4. The van der Waals surface area contributed by atoms with Crippen molar-refractivity contribution in [3.63, 3.8) is 0 Å². The molecule has 1 fully saturated rings. The van der Waals surface area contributed by atoms with Gasteiger partial charge in [-0.05, 0) is 49.5 Å². The molecule has 1 aromatic carbocycles. The third-order valence-electron chi connectivity index (χ3n) is 6.42. The average Bonchev–Trinajstić information content (AvgIpc) is 3.19. The van der Waals surface area contributed by atoms with Gasteiger partial charge >= 0.3 is 0 Å². The maximum absolute atomic E-state index is 5.15. The van der Waals surface area contributed by atoms with Crippen LogP contribution in [0.2, 0.25) is 0 Å². The number of aryl methyl sites for hydroxylation is 1. The Bertz CT molecular complexity index is 825. The van der Waals surface area contributed by atoms with Crippen LogP contribution in [-0.2, 0) is 24.3 Å². The van der Waals surface area contributed by atoms with Gasteiger partial charge in [-0.15, -0.1) is 0 Å². The molecule has 0 radical (unpaired) electrons. The molecule has 2 N–H and O–H groups in total. The standard InChI is InChI=1S/C23H34N6O/c1-24-23(26-20-12-13-22-27-21(16-30-2)28-29(22)15-20)25-14-17-8-10-19(11-9-17)18-6-4-3-5-7-18/h3-7,17,19-20H,8-16H2,1-2H3,(H2,24,25,26). The van der Waals surface area contributed by atoms with Gasteiger partial charge in [0.1, 0.15) is 12.4 Å². The van der Waals surface area contributed by atoms with Gasteiger partial charge in [0.15, 0.2) is 11.8 Å². The van der Waals surface area contributed by atoms with Crippen LogP contribution in [0.15, 0.2) is 35.3 Å². The number of nitrogens with one attached hydrogen (secondary N) is 2. The summed E-state index contributed by atoms with van der Waals surface area (Å²) in [5.74, 6) is 4.15. The van der Waals surface area contributed by atoms with Crippen molar-refractivity contribution in [2.45, 2.75) is 63.6 Å². The molecule has 7 heteroatoms. The van der Waals surface area contributed by atoms with Crippen LogP contribution in [0.25, 0.3) is 0 Å². The van der Waals surface area contributed by atoms with Gasteiger partial charge in [0.2, 0.25) is 0 Å². The van der Waals surface area contributed by atoms with Crippen LogP contribution in [0.3, 0.4) is 0 Å². The fourth-order valence-electron chi connectivity index (χ4n) is 4.72. The third kappa shape index (κ3) is 5.19. The number of aromatic nitrogens is 3. The predicted molar refractivity (Wildman–Crippen MR) is 118 cm³/mol. The Kier molecular flexibility index (Phi) is 7.00. The minimum absolute atomic E-state index is 0.314. The van der Waals surface area contributed by atoms with E-state index in [-0.39, 0.29) is 0 Å². The Morgan fingerprint density at radius 3 is 2.70 bits per heavy atom. The third-order valence-corrected chi connectivity index (χ3v) is 6.42. The lowest BCUT2D eigenvalue weighted by molar-refractivity contribution is 0.177. The molecule has 1 aliphatic heterocycles. The van der Waals surface area contributed by atoms with Gasteiger partial charge in [-0.25, -0.2) is 9.67 Å². The molecule has 4 rings (SSSR count). The Hall–Kier alpha value is -2.41. The lowest BCUT2D eigenvalue weighted by atomic mass is 9.79. The fourth-order valence-corrected chi connectivity index (χ4v) is 4.72. The lowest BCUT2D eigenvalue weighted by Crippen LogP contribution is -2.48. The summed E-state index contributed by atoms with van der Waals surface area (Å²) in [5.41, 5.74) is 1.50. The fraction of sp³-hybridized carbons (Fsp3) is 0.609. The molecule has 2 heterocycles. The van der Waals surface area contributed by atoms with Gasteiger partial charge in [0, 0.05) is 33.2 Å². The number of rotatable bonds is 6. The first-order chi connectivity index (χ1) is 14.7. The van der Waals surface area contributed by atoms with E-state index in [9.17, 15) is 0 Å².